The van der Waals surface area contributed by atoms with Crippen LogP contribution in [0.15, 0.2) is 18.2 Å². The zero-order valence-corrected chi connectivity index (χ0v) is 11.8. The summed E-state index contributed by atoms with van der Waals surface area (Å²) in [5.74, 6) is -2.80. The fourth-order valence-electron chi connectivity index (χ4n) is 2.42. The van der Waals surface area contributed by atoms with Gasteiger partial charge in [0, 0.05) is 12.6 Å². The number of hydrogen-bond acceptors (Lipinski definition) is 3. The van der Waals surface area contributed by atoms with Gasteiger partial charge in [-0.3, -0.25) is 4.79 Å². The summed E-state index contributed by atoms with van der Waals surface area (Å²) in [5.41, 5.74) is 5.51. The van der Waals surface area contributed by atoms with E-state index < -0.39 is 17.5 Å². The summed E-state index contributed by atoms with van der Waals surface area (Å²) >= 11 is 0. The molecule has 116 valence electrons. The van der Waals surface area contributed by atoms with Gasteiger partial charge in [-0.2, -0.15) is 0 Å². The van der Waals surface area contributed by atoms with Crippen molar-refractivity contribution < 1.29 is 18.3 Å². The minimum Gasteiger partial charge on any atom is -0.376 e. The predicted molar refractivity (Wildman–Crippen MR) is 74.9 cm³/mol. The molecule has 0 atom stereocenters. The Morgan fingerprint density at radius 3 is 2.71 bits per heavy atom. The molecular formula is C15H20F2N2O2. The molecule has 6 heteroatoms. The van der Waals surface area contributed by atoms with Crippen LogP contribution in [0.3, 0.4) is 0 Å². The number of carbonyl (C=O) groups excluding carboxylic acids is 1. The summed E-state index contributed by atoms with van der Waals surface area (Å²) in [6.07, 6.45) is 3.92. The SMILES string of the molecule is NC1CCC(OCCNC(=O)c2cccc(F)c2F)CC1. The maximum atomic E-state index is 13.4. The molecule has 0 unspecified atom stereocenters. The lowest BCUT2D eigenvalue weighted by molar-refractivity contribution is 0.0267. The van der Waals surface area contributed by atoms with Gasteiger partial charge in [0.25, 0.3) is 5.91 Å². The molecule has 4 nitrogen and oxygen atoms in total. The third-order valence-corrected chi connectivity index (χ3v) is 3.66. The van der Waals surface area contributed by atoms with Crippen LogP contribution >= 0.6 is 0 Å². The topological polar surface area (TPSA) is 64.3 Å². The molecular weight excluding hydrogens is 278 g/mol. The monoisotopic (exact) mass is 298 g/mol. The second-order valence-corrected chi connectivity index (χ2v) is 5.26. The fourth-order valence-corrected chi connectivity index (χ4v) is 2.42. The summed E-state index contributed by atoms with van der Waals surface area (Å²) < 4.78 is 32.1. The minimum atomic E-state index is -1.13. The zero-order valence-electron chi connectivity index (χ0n) is 11.8. The van der Waals surface area contributed by atoms with Gasteiger partial charge in [0.2, 0.25) is 0 Å². The molecule has 0 saturated heterocycles. The normalized spacial score (nSPS) is 22.0. The molecule has 0 radical (unpaired) electrons. The Labute approximate surface area is 122 Å². The molecule has 0 bridgehead atoms. The van der Waals surface area contributed by atoms with Gasteiger partial charge in [0.15, 0.2) is 11.6 Å². The van der Waals surface area contributed by atoms with Gasteiger partial charge < -0.3 is 15.8 Å². The second-order valence-electron chi connectivity index (χ2n) is 5.26. The molecule has 1 aromatic carbocycles. The first kappa shape index (κ1) is 15.9. The Bertz CT molecular complexity index is 489. The van der Waals surface area contributed by atoms with E-state index in [0.717, 1.165) is 31.7 Å². The number of carbonyl (C=O) groups is 1. The Morgan fingerprint density at radius 2 is 2.00 bits per heavy atom. The average Bonchev–Trinajstić information content (AvgIpc) is 2.48. The Hall–Kier alpha value is -1.53. The molecule has 1 amide bonds. The molecule has 1 aliphatic carbocycles. The first-order chi connectivity index (χ1) is 10.1. The molecule has 1 aromatic rings. The number of nitrogens with one attached hydrogen (secondary N) is 1. The third-order valence-electron chi connectivity index (χ3n) is 3.66. The number of rotatable bonds is 5. The number of nitrogens with two attached hydrogens (primary N) is 1. The van der Waals surface area contributed by atoms with Gasteiger partial charge in [-0.1, -0.05) is 6.07 Å². The highest BCUT2D eigenvalue weighted by atomic mass is 19.2. The Kier molecular flexibility index (Phi) is 5.64. The van der Waals surface area contributed by atoms with E-state index in [1.807, 2.05) is 0 Å². The van der Waals surface area contributed by atoms with Gasteiger partial charge in [0.05, 0.1) is 18.3 Å². The number of amides is 1. The highest BCUT2D eigenvalue weighted by Crippen LogP contribution is 2.19. The zero-order chi connectivity index (χ0) is 15.2. The van der Waals surface area contributed by atoms with Gasteiger partial charge in [-0.05, 0) is 37.8 Å². The van der Waals surface area contributed by atoms with Crippen LogP contribution in [0.4, 0.5) is 8.78 Å². The van der Waals surface area contributed by atoms with E-state index in [1.54, 1.807) is 0 Å². The van der Waals surface area contributed by atoms with Crippen molar-refractivity contribution in [3.63, 3.8) is 0 Å². The average molecular weight is 298 g/mol. The first-order valence-corrected chi connectivity index (χ1v) is 7.17. The molecule has 1 fully saturated rings. The highest BCUT2D eigenvalue weighted by molar-refractivity contribution is 5.94. The van der Waals surface area contributed by atoms with Crippen LogP contribution in [0.25, 0.3) is 0 Å². The van der Waals surface area contributed by atoms with Crippen LogP contribution in [0.5, 0.6) is 0 Å². The van der Waals surface area contributed by atoms with Crippen molar-refractivity contribution in [1.82, 2.24) is 5.32 Å². The smallest absolute Gasteiger partial charge is 0.254 e. The van der Waals surface area contributed by atoms with Crippen molar-refractivity contribution in [2.45, 2.75) is 37.8 Å². The van der Waals surface area contributed by atoms with Gasteiger partial charge in [0.1, 0.15) is 0 Å². The van der Waals surface area contributed by atoms with E-state index in [-0.39, 0.29) is 24.3 Å². The summed E-state index contributed by atoms with van der Waals surface area (Å²) in [4.78, 5) is 11.7. The molecule has 2 rings (SSSR count). The van der Waals surface area contributed by atoms with Crippen molar-refractivity contribution in [2.75, 3.05) is 13.2 Å². The summed E-state index contributed by atoms with van der Waals surface area (Å²) in [5, 5.41) is 2.52. The Morgan fingerprint density at radius 1 is 1.29 bits per heavy atom. The minimum absolute atomic E-state index is 0.174. The second kappa shape index (κ2) is 7.47. The lowest BCUT2D eigenvalue weighted by Crippen LogP contribution is -2.33. The van der Waals surface area contributed by atoms with Crippen molar-refractivity contribution >= 4 is 5.91 Å². The summed E-state index contributed by atoms with van der Waals surface area (Å²) in [6.45, 7) is 0.611. The lowest BCUT2D eigenvalue weighted by atomic mass is 9.94. The van der Waals surface area contributed by atoms with Crippen molar-refractivity contribution in [1.29, 1.82) is 0 Å². The van der Waals surface area contributed by atoms with Crippen molar-refractivity contribution in [3.8, 4) is 0 Å². The van der Waals surface area contributed by atoms with Crippen LogP contribution in [0.1, 0.15) is 36.0 Å². The van der Waals surface area contributed by atoms with E-state index in [2.05, 4.69) is 5.32 Å². The predicted octanol–water partition coefficient (Wildman–Crippen LogP) is 1.98. The van der Waals surface area contributed by atoms with Crippen LogP contribution in [-0.2, 0) is 4.74 Å². The molecule has 0 aliphatic heterocycles. The standard InChI is InChI=1S/C15H20F2N2O2/c16-13-3-1-2-12(14(13)17)15(20)19-8-9-21-11-6-4-10(18)5-7-11/h1-3,10-11H,4-9,18H2,(H,19,20). The van der Waals surface area contributed by atoms with E-state index >= 15 is 0 Å². The van der Waals surface area contributed by atoms with E-state index in [1.165, 1.54) is 12.1 Å². The van der Waals surface area contributed by atoms with Crippen LogP contribution < -0.4 is 11.1 Å². The summed E-state index contributed by atoms with van der Waals surface area (Å²) in [7, 11) is 0. The Balaban J connectivity index is 1.71. The van der Waals surface area contributed by atoms with E-state index in [9.17, 15) is 13.6 Å². The van der Waals surface area contributed by atoms with Gasteiger partial charge >= 0.3 is 0 Å². The van der Waals surface area contributed by atoms with Crippen LogP contribution in [0, 0.1) is 11.6 Å². The summed E-state index contributed by atoms with van der Waals surface area (Å²) in [6, 6.07) is 3.79. The van der Waals surface area contributed by atoms with Crippen LogP contribution in [0.2, 0.25) is 0 Å². The third kappa shape index (κ3) is 4.47. The quantitative estimate of drug-likeness (QED) is 0.817. The van der Waals surface area contributed by atoms with Gasteiger partial charge in [-0.25, -0.2) is 8.78 Å². The number of benzene rings is 1. The van der Waals surface area contributed by atoms with E-state index in [0.29, 0.717) is 6.61 Å². The fraction of sp³-hybridized carbons (Fsp3) is 0.533. The van der Waals surface area contributed by atoms with Crippen molar-refractivity contribution in [2.24, 2.45) is 5.73 Å². The first-order valence-electron chi connectivity index (χ1n) is 7.17. The molecule has 0 heterocycles. The number of hydrogen-bond donors (Lipinski definition) is 2. The molecule has 0 aromatic heterocycles. The highest BCUT2D eigenvalue weighted by Gasteiger charge is 2.19. The lowest BCUT2D eigenvalue weighted by Gasteiger charge is -2.26. The van der Waals surface area contributed by atoms with Crippen LogP contribution in [-0.4, -0.2) is 31.2 Å². The number of ether oxygens (including phenoxy) is 1. The largest absolute Gasteiger partial charge is 0.376 e. The number of halogens is 2. The molecule has 1 aliphatic rings. The molecule has 0 spiro atoms. The van der Waals surface area contributed by atoms with E-state index in [4.69, 9.17) is 10.5 Å². The molecule has 21 heavy (non-hydrogen) atoms. The maximum absolute atomic E-state index is 13.4. The van der Waals surface area contributed by atoms with Crippen molar-refractivity contribution in [3.05, 3.63) is 35.4 Å². The molecule has 1 saturated carbocycles. The maximum Gasteiger partial charge on any atom is 0.254 e. The van der Waals surface area contributed by atoms with Gasteiger partial charge in [-0.15, -0.1) is 0 Å². The molecule has 3 N–H and O–H groups in total.